The third-order valence-corrected chi connectivity index (χ3v) is 3.00. The van der Waals surface area contributed by atoms with Crippen LogP contribution < -0.4 is 10.1 Å². The summed E-state index contributed by atoms with van der Waals surface area (Å²) in [4.78, 5) is 11.8. The number of carbonyl (C=O) groups is 1. The fraction of sp³-hybridized carbons (Fsp3) is 0.235. The van der Waals surface area contributed by atoms with Gasteiger partial charge in [0.15, 0.2) is 6.10 Å². The van der Waals surface area contributed by atoms with Gasteiger partial charge in [-0.15, -0.1) is 0 Å². The highest BCUT2D eigenvalue weighted by Gasteiger charge is 2.15. The van der Waals surface area contributed by atoms with Crippen molar-refractivity contribution >= 4 is 5.91 Å². The minimum atomic E-state index is -1.12. The van der Waals surface area contributed by atoms with Crippen molar-refractivity contribution in [3.05, 3.63) is 66.2 Å². The van der Waals surface area contributed by atoms with Crippen molar-refractivity contribution in [2.75, 3.05) is 13.2 Å². The first-order chi connectivity index (χ1) is 10.3. The molecule has 0 saturated carbocycles. The average molecular weight is 285 g/mol. The molecule has 2 N–H and O–H groups in total. The molecule has 1 amide bonds. The normalized spacial score (nSPS) is 11.7. The number of rotatable bonds is 7. The van der Waals surface area contributed by atoms with Crippen LogP contribution in [0.15, 0.2) is 60.7 Å². The van der Waals surface area contributed by atoms with Gasteiger partial charge < -0.3 is 15.2 Å². The molecule has 21 heavy (non-hydrogen) atoms. The van der Waals surface area contributed by atoms with Crippen LogP contribution in [0.3, 0.4) is 0 Å². The molecule has 0 aliphatic heterocycles. The van der Waals surface area contributed by atoms with Crippen molar-refractivity contribution in [3.63, 3.8) is 0 Å². The molecular formula is C17H19NO3. The largest absolute Gasteiger partial charge is 0.494 e. The van der Waals surface area contributed by atoms with E-state index in [1.807, 2.05) is 36.4 Å². The molecule has 4 nitrogen and oxygen atoms in total. The lowest BCUT2D eigenvalue weighted by Gasteiger charge is -2.12. The monoisotopic (exact) mass is 285 g/mol. The van der Waals surface area contributed by atoms with E-state index in [0.717, 1.165) is 5.75 Å². The Hall–Kier alpha value is -2.33. The summed E-state index contributed by atoms with van der Waals surface area (Å²) in [6, 6.07) is 18.4. The van der Waals surface area contributed by atoms with E-state index in [1.165, 1.54) is 0 Å². The van der Waals surface area contributed by atoms with E-state index in [1.54, 1.807) is 24.3 Å². The first-order valence-electron chi connectivity index (χ1n) is 6.96. The molecule has 0 aliphatic rings. The van der Waals surface area contributed by atoms with Crippen molar-refractivity contribution in [3.8, 4) is 5.75 Å². The highest BCUT2D eigenvalue weighted by atomic mass is 16.5. The molecule has 0 aliphatic carbocycles. The van der Waals surface area contributed by atoms with Crippen molar-refractivity contribution in [2.24, 2.45) is 0 Å². The summed E-state index contributed by atoms with van der Waals surface area (Å²) in [5, 5.41) is 12.6. The Labute approximate surface area is 124 Å². The molecule has 110 valence electrons. The molecule has 2 aromatic carbocycles. The number of hydrogen-bond donors (Lipinski definition) is 2. The van der Waals surface area contributed by atoms with Gasteiger partial charge >= 0.3 is 0 Å². The first kappa shape index (κ1) is 15.1. The number of amides is 1. The van der Waals surface area contributed by atoms with Crippen LogP contribution in [0.1, 0.15) is 18.1 Å². The summed E-state index contributed by atoms with van der Waals surface area (Å²) in [6.45, 7) is 0.987. The van der Waals surface area contributed by atoms with Gasteiger partial charge in [0.2, 0.25) is 0 Å². The van der Waals surface area contributed by atoms with Gasteiger partial charge in [-0.2, -0.15) is 0 Å². The van der Waals surface area contributed by atoms with E-state index in [9.17, 15) is 9.90 Å². The van der Waals surface area contributed by atoms with Gasteiger partial charge in [0.25, 0.3) is 5.91 Å². The highest BCUT2D eigenvalue weighted by molar-refractivity contribution is 5.81. The zero-order valence-corrected chi connectivity index (χ0v) is 11.7. The van der Waals surface area contributed by atoms with Crippen molar-refractivity contribution < 1.29 is 14.6 Å². The van der Waals surface area contributed by atoms with Crippen molar-refractivity contribution in [1.29, 1.82) is 0 Å². The number of hydrogen-bond acceptors (Lipinski definition) is 3. The first-order valence-corrected chi connectivity index (χ1v) is 6.96. The van der Waals surface area contributed by atoms with Crippen LogP contribution in [0.4, 0.5) is 0 Å². The predicted octanol–water partition coefficient (Wildman–Crippen LogP) is 2.31. The molecule has 0 bridgehead atoms. The van der Waals surface area contributed by atoms with E-state index in [4.69, 9.17) is 4.74 Å². The van der Waals surface area contributed by atoms with Crippen molar-refractivity contribution in [1.82, 2.24) is 5.32 Å². The summed E-state index contributed by atoms with van der Waals surface area (Å²) < 4.78 is 5.52. The molecule has 2 aromatic rings. The maximum atomic E-state index is 11.8. The third-order valence-electron chi connectivity index (χ3n) is 3.00. The second-order valence-electron chi connectivity index (χ2n) is 4.62. The van der Waals surface area contributed by atoms with Gasteiger partial charge in [0.05, 0.1) is 6.61 Å². The average Bonchev–Trinajstić information content (AvgIpc) is 2.55. The molecule has 2 rings (SSSR count). The number of ether oxygens (including phenoxy) is 1. The van der Waals surface area contributed by atoms with Crippen LogP contribution in [-0.2, 0) is 4.79 Å². The minimum Gasteiger partial charge on any atom is -0.494 e. The van der Waals surface area contributed by atoms with Crippen molar-refractivity contribution in [2.45, 2.75) is 12.5 Å². The molecule has 0 saturated heterocycles. The smallest absolute Gasteiger partial charge is 0.253 e. The van der Waals surface area contributed by atoms with E-state index in [2.05, 4.69) is 5.32 Å². The standard InChI is InChI=1S/C17H19NO3/c19-16(14-8-3-1-4-9-14)17(20)18-12-7-13-21-15-10-5-2-6-11-15/h1-6,8-11,16,19H,7,12-13H2,(H,18,20). The van der Waals surface area contributed by atoms with Gasteiger partial charge in [-0.25, -0.2) is 0 Å². The van der Waals surface area contributed by atoms with E-state index in [0.29, 0.717) is 25.1 Å². The summed E-state index contributed by atoms with van der Waals surface area (Å²) in [5.74, 6) is 0.425. The molecule has 0 fully saturated rings. The topological polar surface area (TPSA) is 58.6 Å². The molecule has 0 spiro atoms. The second kappa shape index (κ2) is 8.07. The lowest BCUT2D eigenvalue weighted by molar-refractivity contribution is -0.129. The lowest BCUT2D eigenvalue weighted by Crippen LogP contribution is -2.30. The lowest BCUT2D eigenvalue weighted by atomic mass is 10.1. The van der Waals surface area contributed by atoms with Crippen LogP contribution in [0.5, 0.6) is 5.75 Å². The van der Waals surface area contributed by atoms with E-state index in [-0.39, 0.29) is 5.91 Å². The Balaban J connectivity index is 1.65. The van der Waals surface area contributed by atoms with Gasteiger partial charge in [0, 0.05) is 6.54 Å². The number of para-hydroxylation sites is 1. The molecule has 4 heteroatoms. The maximum absolute atomic E-state index is 11.8. The van der Waals surface area contributed by atoms with Crippen LogP contribution in [-0.4, -0.2) is 24.2 Å². The molecule has 1 unspecified atom stereocenters. The summed E-state index contributed by atoms with van der Waals surface area (Å²) in [7, 11) is 0. The van der Waals surface area contributed by atoms with Gasteiger partial charge in [-0.05, 0) is 24.1 Å². The number of aliphatic hydroxyl groups excluding tert-OH is 1. The number of benzene rings is 2. The summed E-state index contributed by atoms with van der Waals surface area (Å²) in [6.07, 6.45) is -0.441. The molecule has 0 aromatic heterocycles. The van der Waals surface area contributed by atoms with Crippen LogP contribution in [0.25, 0.3) is 0 Å². The fourth-order valence-corrected chi connectivity index (χ4v) is 1.87. The number of carbonyl (C=O) groups excluding carboxylic acids is 1. The maximum Gasteiger partial charge on any atom is 0.253 e. The van der Waals surface area contributed by atoms with Gasteiger partial charge in [-0.3, -0.25) is 4.79 Å². The molecule has 0 radical (unpaired) electrons. The molecular weight excluding hydrogens is 266 g/mol. The fourth-order valence-electron chi connectivity index (χ4n) is 1.87. The third kappa shape index (κ3) is 4.93. The highest BCUT2D eigenvalue weighted by Crippen LogP contribution is 2.12. The van der Waals surface area contributed by atoms with Gasteiger partial charge in [0.1, 0.15) is 5.75 Å². The predicted molar refractivity (Wildman–Crippen MR) is 81.0 cm³/mol. The zero-order valence-electron chi connectivity index (χ0n) is 11.7. The molecule has 0 heterocycles. The summed E-state index contributed by atoms with van der Waals surface area (Å²) in [5.41, 5.74) is 0.593. The minimum absolute atomic E-state index is 0.388. The Kier molecular flexibility index (Phi) is 5.79. The quantitative estimate of drug-likeness (QED) is 0.767. The van der Waals surface area contributed by atoms with E-state index < -0.39 is 6.10 Å². The van der Waals surface area contributed by atoms with E-state index >= 15 is 0 Å². The Bertz CT molecular complexity index is 542. The summed E-state index contributed by atoms with van der Waals surface area (Å²) >= 11 is 0. The number of nitrogens with one attached hydrogen (secondary N) is 1. The molecule has 1 atom stereocenters. The SMILES string of the molecule is O=C(NCCCOc1ccccc1)C(O)c1ccccc1. The van der Waals surface area contributed by atoms with Crippen LogP contribution in [0.2, 0.25) is 0 Å². The number of aliphatic hydroxyl groups is 1. The van der Waals surface area contributed by atoms with Crippen LogP contribution >= 0.6 is 0 Å². The Morgan fingerprint density at radius 1 is 1.05 bits per heavy atom. The Morgan fingerprint density at radius 3 is 2.33 bits per heavy atom. The Morgan fingerprint density at radius 2 is 1.67 bits per heavy atom. The second-order valence-corrected chi connectivity index (χ2v) is 4.62. The zero-order chi connectivity index (χ0) is 14.9. The van der Waals surface area contributed by atoms with Gasteiger partial charge in [-0.1, -0.05) is 48.5 Å². The van der Waals surface area contributed by atoms with Crippen LogP contribution in [0, 0.1) is 0 Å².